The van der Waals surface area contributed by atoms with E-state index in [4.69, 9.17) is 14.2 Å². The lowest BCUT2D eigenvalue weighted by Gasteiger charge is -2.63. The lowest BCUT2D eigenvalue weighted by atomic mass is 9.42. The Morgan fingerprint density at radius 2 is 1.81 bits per heavy atom. The Hall–Kier alpha value is -0.870. The van der Waals surface area contributed by atoms with Gasteiger partial charge in [-0.25, -0.2) is 0 Å². The van der Waals surface area contributed by atoms with E-state index in [-0.39, 0.29) is 65.5 Å². The van der Waals surface area contributed by atoms with Gasteiger partial charge < -0.3 is 34.6 Å². The predicted octanol–water partition coefficient (Wildman–Crippen LogP) is 3.81. The minimum atomic E-state index is -1.51. The second-order valence-electron chi connectivity index (χ2n) is 15.9. The zero-order valence-electron chi connectivity index (χ0n) is 27.2. The van der Waals surface area contributed by atoms with Gasteiger partial charge in [0, 0.05) is 31.7 Å². The topological polar surface area (TPSA) is 126 Å². The number of ketones is 1. The van der Waals surface area contributed by atoms with Crippen LogP contribution in [0.1, 0.15) is 92.4 Å². The molecule has 4 fully saturated rings. The monoisotopic (exact) mass is 604 g/mol. The molecule has 0 radical (unpaired) electrons. The Bertz CT molecular complexity index is 1120. The molecule has 0 bridgehead atoms. The van der Waals surface area contributed by atoms with Crippen LogP contribution in [0.15, 0.2) is 11.1 Å². The van der Waals surface area contributed by atoms with E-state index in [0.29, 0.717) is 32.5 Å². The second kappa shape index (κ2) is 11.1. The minimum absolute atomic E-state index is 0.0322. The molecule has 0 unspecified atom stereocenters. The normalized spacial score (nSPS) is 49.4. The molecule has 6 aliphatic rings. The molecule has 0 amide bonds. The summed E-state index contributed by atoms with van der Waals surface area (Å²) in [4.78, 5) is 14.3. The molecule has 5 aliphatic carbocycles. The number of fused-ring (bicyclic) bond motifs is 2. The minimum Gasteiger partial charge on any atom is -0.394 e. The van der Waals surface area contributed by atoms with Crippen LogP contribution in [0, 0.1) is 46.3 Å². The zero-order valence-corrected chi connectivity index (χ0v) is 27.2. The third-order valence-electron chi connectivity index (χ3n) is 14.1. The summed E-state index contributed by atoms with van der Waals surface area (Å²) < 4.78 is 17.5. The van der Waals surface area contributed by atoms with Crippen molar-refractivity contribution in [3.05, 3.63) is 11.1 Å². The van der Waals surface area contributed by atoms with E-state index < -0.39 is 28.8 Å². The van der Waals surface area contributed by atoms with Crippen molar-refractivity contribution in [1.29, 1.82) is 0 Å². The number of aliphatic hydroxyl groups excluding tert-OH is 2. The van der Waals surface area contributed by atoms with Crippen LogP contribution in [0.2, 0.25) is 0 Å². The Morgan fingerprint density at radius 3 is 2.49 bits per heavy atom. The first-order chi connectivity index (χ1) is 20.3. The maximum atomic E-state index is 14.3. The highest BCUT2D eigenvalue weighted by Gasteiger charge is 2.74. The van der Waals surface area contributed by atoms with Gasteiger partial charge in [-0.3, -0.25) is 4.79 Å². The van der Waals surface area contributed by atoms with Gasteiger partial charge in [0.15, 0.2) is 5.78 Å². The number of hydrogen-bond donors (Lipinski definition) is 4. The molecule has 1 heterocycles. The first-order valence-corrected chi connectivity index (χ1v) is 17.0. The molecule has 0 aromatic carbocycles. The smallest absolute Gasteiger partial charge is 0.162 e. The van der Waals surface area contributed by atoms with Crippen molar-refractivity contribution in [1.82, 2.24) is 0 Å². The van der Waals surface area contributed by atoms with Crippen molar-refractivity contribution in [2.75, 3.05) is 26.9 Å². The molecule has 0 spiro atoms. The van der Waals surface area contributed by atoms with Crippen LogP contribution in [0.5, 0.6) is 0 Å². The number of carbonyl (C=O) groups excluding carboxylic acids is 1. The van der Waals surface area contributed by atoms with Gasteiger partial charge in [-0.2, -0.15) is 0 Å². The van der Waals surface area contributed by atoms with Crippen molar-refractivity contribution in [2.24, 2.45) is 46.3 Å². The summed E-state index contributed by atoms with van der Waals surface area (Å²) in [6, 6.07) is 0. The number of aliphatic hydroxyl groups is 4. The quantitative estimate of drug-likeness (QED) is 0.293. The van der Waals surface area contributed by atoms with E-state index in [2.05, 4.69) is 13.8 Å². The Labute approximate surface area is 257 Å². The SMILES string of the molecule is COCCCO[C@H]1CC[C@@]2(C)[C@@H](C1)C(=O)C1=C3[C@@H]2CC[C@]2(C)[C@@H]([C@](C)(O)[C@H](O)[C@H]4O[C@H](CO)[C@H](C)[C@H]4C)C[C@H](CC1)[C@@]32O. The van der Waals surface area contributed by atoms with Gasteiger partial charge in [0.05, 0.1) is 36.1 Å². The molecular formula is C35H56O8. The Balaban J connectivity index is 1.30. The fourth-order valence-corrected chi connectivity index (χ4v) is 11.3. The van der Waals surface area contributed by atoms with Gasteiger partial charge in [0.1, 0.15) is 6.10 Å². The summed E-state index contributed by atoms with van der Waals surface area (Å²) in [6.45, 7) is 11.3. The summed E-state index contributed by atoms with van der Waals surface area (Å²) in [5.41, 5.74) is -1.77. The van der Waals surface area contributed by atoms with E-state index in [1.165, 1.54) is 0 Å². The van der Waals surface area contributed by atoms with Crippen LogP contribution in [-0.2, 0) is 19.0 Å². The van der Waals surface area contributed by atoms with Crippen molar-refractivity contribution < 1.29 is 39.4 Å². The lowest BCUT2D eigenvalue weighted by Crippen LogP contribution is -2.65. The van der Waals surface area contributed by atoms with Crippen LogP contribution >= 0.6 is 0 Å². The molecule has 8 heteroatoms. The standard InChI is InChI=1S/C35H56O8/c1-19-20(2)30(43-26(19)18-36)31(38)34(5,39)27-16-21-8-9-23-28-24(11-13-33(27,4)35(21,28)40)32(3)12-10-22(17-25(32)29(23)37)42-15-7-14-41-6/h19-22,24-27,30-31,36,38-40H,7-18H2,1-6H3/t19-,20-,21+,22+,24+,25+,26-,27+,30+,31-,32-,33-,34+,35-/m1/s1. The molecule has 0 aromatic heterocycles. The highest BCUT2D eigenvalue weighted by atomic mass is 16.5. The van der Waals surface area contributed by atoms with Gasteiger partial charge in [0.2, 0.25) is 0 Å². The lowest BCUT2D eigenvalue weighted by molar-refractivity contribution is -0.200. The summed E-state index contributed by atoms with van der Waals surface area (Å²) in [7, 11) is 1.70. The van der Waals surface area contributed by atoms with Gasteiger partial charge >= 0.3 is 0 Å². The number of carbonyl (C=O) groups is 1. The van der Waals surface area contributed by atoms with Gasteiger partial charge in [-0.05, 0) is 111 Å². The number of methoxy groups -OCH3 is 1. The van der Waals surface area contributed by atoms with Gasteiger partial charge in [-0.1, -0.05) is 27.7 Å². The third kappa shape index (κ3) is 4.44. The molecule has 0 aromatic rings. The third-order valence-corrected chi connectivity index (χ3v) is 14.1. The summed E-state index contributed by atoms with van der Waals surface area (Å²) in [5.74, 6) is -0.152. The van der Waals surface area contributed by atoms with E-state index in [1.54, 1.807) is 14.0 Å². The van der Waals surface area contributed by atoms with Crippen molar-refractivity contribution in [3.63, 3.8) is 0 Å². The van der Waals surface area contributed by atoms with E-state index >= 15 is 0 Å². The molecule has 1 saturated heterocycles. The summed E-state index contributed by atoms with van der Waals surface area (Å²) >= 11 is 0. The number of ether oxygens (including phenoxy) is 3. The molecule has 14 atom stereocenters. The van der Waals surface area contributed by atoms with Gasteiger partial charge in [0.25, 0.3) is 0 Å². The number of rotatable bonds is 9. The predicted molar refractivity (Wildman–Crippen MR) is 161 cm³/mol. The largest absolute Gasteiger partial charge is 0.394 e. The highest BCUT2D eigenvalue weighted by Crippen LogP contribution is 2.73. The molecule has 1 aliphatic heterocycles. The van der Waals surface area contributed by atoms with Crippen LogP contribution < -0.4 is 0 Å². The van der Waals surface area contributed by atoms with Crippen LogP contribution in [0.4, 0.5) is 0 Å². The highest BCUT2D eigenvalue weighted by molar-refractivity contribution is 6.00. The fourth-order valence-electron chi connectivity index (χ4n) is 11.3. The van der Waals surface area contributed by atoms with Crippen LogP contribution in [0.3, 0.4) is 0 Å². The Morgan fingerprint density at radius 1 is 1.07 bits per heavy atom. The second-order valence-corrected chi connectivity index (χ2v) is 15.9. The van der Waals surface area contributed by atoms with Gasteiger partial charge in [-0.15, -0.1) is 0 Å². The van der Waals surface area contributed by atoms with Crippen LogP contribution in [-0.4, -0.2) is 88.8 Å². The number of hydrogen-bond acceptors (Lipinski definition) is 8. The number of allylic oxidation sites excluding steroid dienone is 1. The first-order valence-electron chi connectivity index (χ1n) is 17.0. The maximum absolute atomic E-state index is 14.3. The van der Waals surface area contributed by atoms with E-state index in [1.807, 2.05) is 13.8 Å². The molecule has 8 nitrogen and oxygen atoms in total. The van der Waals surface area contributed by atoms with Crippen LogP contribution in [0.25, 0.3) is 0 Å². The van der Waals surface area contributed by atoms with Crippen molar-refractivity contribution >= 4 is 5.78 Å². The van der Waals surface area contributed by atoms with Crippen molar-refractivity contribution in [2.45, 2.75) is 128 Å². The van der Waals surface area contributed by atoms with E-state index in [0.717, 1.165) is 49.7 Å². The van der Waals surface area contributed by atoms with Crippen molar-refractivity contribution in [3.8, 4) is 0 Å². The molecule has 244 valence electrons. The fraction of sp³-hybridized carbons (Fsp3) is 0.914. The number of Topliss-reactive ketones (excluding diaryl/α,β-unsaturated/α-hetero) is 1. The first kappa shape index (κ1) is 32.1. The summed E-state index contributed by atoms with van der Waals surface area (Å²) in [6.07, 6.45) is 4.96. The average Bonchev–Trinajstić information content (AvgIpc) is 3.40. The maximum Gasteiger partial charge on any atom is 0.162 e. The zero-order chi connectivity index (χ0) is 31.1. The molecule has 3 saturated carbocycles. The molecule has 6 rings (SSSR count). The van der Waals surface area contributed by atoms with E-state index in [9.17, 15) is 25.2 Å². The summed E-state index contributed by atoms with van der Waals surface area (Å²) in [5, 5.41) is 46.9. The average molecular weight is 605 g/mol. The molecule has 43 heavy (non-hydrogen) atoms. The molecule has 4 N–H and O–H groups in total. The Kier molecular flexibility index (Phi) is 8.31. The molecular weight excluding hydrogens is 548 g/mol.